The molecular formula is C13H17N3O. The van der Waals surface area contributed by atoms with Gasteiger partial charge in [-0.1, -0.05) is 12.1 Å². The maximum absolute atomic E-state index is 9.13. The van der Waals surface area contributed by atoms with Crippen molar-refractivity contribution in [3.05, 3.63) is 48.3 Å². The number of hydrogen-bond donors (Lipinski definition) is 2. The summed E-state index contributed by atoms with van der Waals surface area (Å²) in [5, 5.41) is 16.5. The molecule has 1 aromatic heterocycles. The van der Waals surface area contributed by atoms with Crippen LogP contribution in [0.2, 0.25) is 0 Å². The van der Waals surface area contributed by atoms with Gasteiger partial charge in [-0.2, -0.15) is 5.10 Å². The molecule has 2 N–H and O–H groups in total. The minimum absolute atomic E-state index is 0.307. The minimum Gasteiger partial charge on any atom is -0.392 e. The fourth-order valence-electron chi connectivity index (χ4n) is 1.61. The maximum atomic E-state index is 9.13. The lowest BCUT2D eigenvalue weighted by molar-refractivity contribution is 0.191. The van der Waals surface area contributed by atoms with Gasteiger partial charge in [0.1, 0.15) is 0 Å². The van der Waals surface area contributed by atoms with Crippen molar-refractivity contribution in [2.45, 2.75) is 19.6 Å². The van der Waals surface area contributed by atoms with Crippen molar-refractivity contribution < 1.29 is 5.11 Å². The number of nitrogens with one attached hydrogen (secondary N) is 1. The quantitative estimate of drug-likeness (QED) is 0.816. The fourth-order valence-corrected chi connectivity index (χ4v) is 1.61. The lowest BCUT2D eigenvalue weighted by Gasteiger charge is -2.07. The molecule has 1 heterocycles. The third-order valence-electron chi connectivity index (χ3n) is 2.47. The number of benzene rings is 1. The average molecular weight is 231 g/mol. The smallest absolute Gasteiger partial charge is 0.0645 e. The molecular weight excluding hydrogens is 214 g/mol. The minimum atomic E-state index is -0.307. The first-order valence-electron chi connectivity index (χ1n) is 5.73. The fraction of sp³-hybridized carbons (Fsp3) is 0.308. The van der Waals surface area contributed by atoms with Gasteiger partial charge in [-0.05, 0) is 30.7 Å². The molecule has 4 nitrogen and oxygen atoms in total. The normalized spacial score (nSPS) is 12.6. The second kappa shape index (κ2) is 5.61. The van der Waals surface area contributed by atoms with Crippen LogP contribution in [0.25, 0.3) is 5.69 Å². The number of nitrogens with zero attached hydrogens (tertiary/aromatic N) is 2. The van der Waals surface area contributed by atoms with E-state index in [0.29, 0.717) is 6.54 Å². The van der Waals surface area contributed by atoms with E-state index in [2.05, 4.69) is 22.5 Å². The summed E-state index contributed by atoms with van der Waals surface area (Å²) >= 11 is 0. The Labute approximate surface area is 101 Å². The molecule has 0 bridgehead atoms. The number of rotatable bonds is 5. The molecule has 0 aliphatic heterocycles. The van der Waals surface area contributed by atoms with Crippen LogP contribution >= 0.6 is 0 Å². The Morgan fingerprint density at radius 2 is 2.12 bits per heavy atom. The van der Waals surface area contributed by atoms with E-state index in [1.807, 2.05) is 29.1 Å². The Morgan fingerprint density at radius 1 is 1.35 bits per heavy atom. The number of hydrogen-bond acceptors (Lipinski definition) is 3. The van der Waals surface area contributed by atoms with Crippen LogP contribution in [0, 0.1) is 0 Å². The number of aromatic nitrogens is 2. The maximum Gasteiger partial charge on any atom is 0.0645 e. The molecule has 2 rings (SSSR count). The van der Waals surface area contributed by atoms with Gasteiger partial charge in [-0.25, -0.2) is 4.68 Å². The first-order chi connectivity index (χ1) is 8.25. The van der Waals surface area contributed by atoms with Crippen LogP contribution in [0.1, 0.15) is 12.5 Å². The summed E-state index contributed by atoms with van der Waals surface area (Å²) in [7, 11) is 0. The molecule has 0 saturated carbocycles. The van der Waals surface area contributed by atoms with Gasteiger partial charge in [0.2, 0.25) is 0 Å². The van der Waals surface area contributed by atoms with Gasteiger partial charge in [0, 0.05) is 25.5 Å². The Bertz CT molecular complexity index is 434. The highest BCUT2D eigenvalue weighted by atomic mass is 16.3. The molecule has 0 aliphatic rings. The zero-order valence-electron chi connectivity index (χ0n) is 9.87. The van der Waals surface area contributed by atoms with Gasteiger partial charge in [0.15, 0.2) is 0 Å². The van der Waals surface area contributed by atoms with Gasteiger partial charge >= 0.3 is 0 Å². The van der Waals surface area contributed by atoms with E-state index in [1.165, 1.54) is 5.56 Å². The van der Waals surface area contributed by atoms with Crippen molar-refractivity contribution in [1.82, 2.24) is 15.1 Å². The van der Waals surface area contributed by atoms with Gasteiger partial charge in [-0.15, -0.1) is 0 Å². The monoisotopic (exact) mass is 231 g/mol. The van der Waals surface area contributed by atoms with Crippen molar-refractivity contribution >= 4 is 0 Å². The molecule has 1 atom stereocenters. The van der Waals surface area contributed by atoms with Gasteiger partial charge in [-0.3, -0.25) is 0 Å². The molecule has 0 fully saturated rings. The summed E-state index contributed by atoms with van der Waals surface area (Å²) in [4.78, 5) is 0. The summed E-state index contributed by atoms with van der Waals surface area (Å²) in [6.45, 7) is 3.15. The Balaban J connectivity index is 1.94. The lowest BCUT2D eigenvalue weighted by atomic mass is 10.2. The standard InChI is InChI=1S/C13H17N3O/c1-11(17)9-14-10-12-3-5-13(6-4-12)16-8-2-7-15-16/h2-8,11,14,17H,9-10H2,1H3. The molecule has 0 radical (unpaired) electrons. The Hall–Kier alpha value is -1.65. The molecule has 2 aromatic rings. The van der Waals surface area contributed by atoms with E-state index >= 15 is 0 Å². The van der Waals surface area contributed by atoms with Gasteiger partial charge < -0.3 is 10.4 Å². The van der Waals surface area contributed by atoms with Gasteiger partial charge in [0.25, 0.3) is 0 Å². The van der Waals surface area contributed by atoms with E-state index in [1.54, 1.807) is 13.1 Å². The van der Waals surface area contributed by atoms with E-state index in [9.17, 15) is 0 Å². The third-order valence-corrected chi connectivity index (χ3v) is 2.47. The van der Waals surface area contributed by atoms with E-state index in [4.69, 9.17) is 5.11 Å². The Kier molecular flexibility index (Phi) is 3.90. The summed E-state index contributed by atoms with van der Waals surface area (Å²) < 4.78 is 1.83. The molecule has 17 heavy (non-hydrogen) atoms. The average Bonchev–Trinajstić information content (AvgIpc) is 2.83. The number of aliphatic hydroxyl groups excluding tert-OH is 1. The van der Waals surface area contributed by atoms with Crippen LogP contribution in [-0.2, 0) is 6.54 Å². The van der Waals surface area contributed by atoms with Crippen molar-refractivity contribution in [2.75, 3.05) is 6.54 Å². The van der Waals surface area contributed by atoms with Gasteiger partial charge in [0.05, 0.1) is 11.8 Å². The van der Waals surface area contributed by atoms with Crippen molar-refractivity contribution in [2.24, 2.45) is 0 Å². The lowest BCUT2D eigenvalue weighted by Crippen LogP contribution is -2.23. The first kappa shape index (κ1) is 11.8. The van der Waals surface area contributed by atoms with E-state index in [0.717, 1.165) is 12.2 Å². The summed E-state index contributed by atoms with van der Waals surface area (Å²) in [5.74, 6) is 0. The summed E-state index contributed by atoms with van der Waals surface area (Å²) in [6, 6.07) is 10.1. The van der Waals surface area contributed by atoms with Crippen LogP contribution in [0.3, 0.4) is 0 Å². The Morgan fingerprint density at radius 3 is 2.71 bits per heavy atom. The molecule has 0 amide bonds. The zero-order chi connectivity index (χ0) is 12.1. The summed E-state index contributed by atoms with van der Waals surface area (Å²) in [6.07, 6.45) is 3.37. The van der Waals surface area contributed by atoms with Crippen LogP contribution in [0.15, 0.2) is 42.7 Å². The van der Waals surface area contributed by atoms with E-state index < -0.39 is 0 Å². The molecule has 0 saturated heterocycles. The molecule has 0 spiro atoms. The highest BCUT2D eigenvalue weighted by Crippen LogP contribution is 2.08. The van der Waals surface area contributed by atoms with Crippen LogP contribution < -0.4 is 5.32 Å². The van der Waals surface area contributed by atoms with Crippen molar-refractivity contribution in [3.8, 4) is 5.69 Å². The molecule has 1 aromatic carbocycles. The second-order valence-electron chi connectivity index (χ2n) is 4.10. The highest BCUT2D eigenvalue weighted by molar-refractivity contribution is 5.33. The second-order valence-corrected chi connectivity index (χ2v) is 4.10. The van der Waals surface area contributed by atoms with Crippen LogP contribution in [0.4, 0.5) is 0 Å². The largest absolute Gasteiger partial charge is 0.392 e. The van der Waals surface area contributed by atoms with Crippen LogP contribution in [-0.4, -0.2) is 27.5 Å². The van der Waals surface area contributed by atoms with Crippen molar-refractivity contribution in [3.63, 3.8) is 0 Å². The SMILES string of the molecule is CC(O)CNCc1ccc(-n2cccn2)cc1. The molecule has 4 heteroatoms. The third kappa shape index (κ3) is 3.41. The predicted molar refractivity (Wildman–Crippen MR) is 67.0 cm³/mol. The number of aliphatic hydroxyl groups is 1. The highest BCUT2D eigenvalue weighted by Gasteiger charge is 1.98. The summed E-state index contributed by atoms with van der Waals surface area (Å²) in [5.41, 5.74) is 2.25. The zero-order valence-corrected chi connectivity index (χ0v) is 9.87. The molecule has 0 aliphatic carbocycles. The predicted octanol–water partition coefficient (Wildman–Crippen LogP) is 1.34. The molecule has 1 unspecified atom stereocenters. The topological polar surface area (TPSA) is 50.1 Å². The van der Waals surface area contributed by atoms with Crippen molar-refractivity contribution in [1.29, 1.82) is 0 Å². The molecule has 90 valence electrons. The first-order valence-corrected chi connectivity index (χ1v) is 5.73. The van der Waals surface area contributed by atoms with E-state index in [-0.39, 0.29) is 6.10 Å². The van der Waals surface area contributed by atoms with Crippen LogP contribution in [0.5, 0.6) is 0 Å².